The zero-order valence-electron chi connectivity index (χ0n) is 17.6. The zero-order chi connectivity index (χ0) is 24.0. The van der Waals surface area contributed by atoms with E-state index in [0.29, 0.717) is 22.6 Å². The second-order valence-corrected chi connectivity index (χ2v) is 8.20. The lowest BCUT2D eigenvalue weighted by Gasteiger charge is -2.42. The predicted molar refractivity (Wildman–Crippen MR) is 112 cm³/mol. The molecule has 0 spiro atoms. The average molecular weight is 477 g/mol. The lowest BCUT2D eigenvalue weighted by Crippen LogP contribution is -2.61. The molecule has 34 heavy (non-hydrogen) atoms. The van der Waals surface area contributed by atoms with Crippen molar-refractivity contribution in [3.05, 3.63) is 46.6 Å². The van der Waals surface area contributed by atoms with E-state index in [1.807, 2.05) is 0 Å². The Morgan fingerprint density at radius 2 is 1.59 bits per heavy atom. The van der Waals surface area contributed by atoms with Gasteiger partial charge in [0.25, 0.3) is 0 Å². The first-order valence-electron chi connectivity index (χ1n) is 10.6. The molecule has 5 rings (SSSR count). The number of aliphatic hydroxyl groups is 5. The van der Waals surface area contributed by atoms with Gasteiger partial charge in [-0.3, -0.25) is 4.79 Å². The van der Waals surface area contributed by atoms with E-state index in [4.69, 9.17) is 23.4 Å². The Bertz CT molecular complexity index is 1180. The normalized spacial score (nSPS) is 34.4. The van der Waals surface area contributed by atoms with Gasteiger partial charge in [0.2, 0.25) is 6.29 Å². The van der Waals surface area contributed by atoms with E-state index >= 15 is 0 Å². The third-order valence-corrected chi connectivity index (χ3v) is 5.75. The summed E-state index contributed by atoms with van der Waals surface area (Å²) in [6.07, 6.45) is -11.2. The van der Waals surface area contributed by atoms with Gasteiger partial charge in [0.05, 0.1) is 13.2 Å². The van der Waals surface area contributed by atoms with E-state index in [1.54, 1.807) is 18.2 Å². The number of rotatable bonds is 4. The van der Waals surface area contributed by atoms with E-state index in [2.05, 4.69) is 4.98 Å². The first-order chi connectivity index (χ1) is 16.3. The van der Waals surface area contributed by atoms with Crippen LogP contribution in [0.2, 0.25) is 0 Å². The molecular formula is C22H23NO11. The molecule has 0 bridgehead atoms. The standard InChI is InChI=1S/C22H23NO11/c24-9-1-3-11-15(5-9)33-16-6-10(2-4-12(16)23-11)32-22-20(18(28)14(26)8-31-22)34-21-19(29)17(27)13(25)7-30-21/h1-6,13-14,17-22,25-29H,7-8H2/t13-,14-,17+,18+,19-,20-,21+,22+/m1/s1. The summed E-state index contributed by atoms with van der Waals surface area (Å²) in [7, 11) is 0. The Hall–Kier alpha value is -2.68. The SMILES string of the molecule is O=c1ccc2nc3ccc(O[C@@H]4OC[C@@H](O)[C@H](O)[C@H]4O[C@@H]4OC[C@@H](O)[C@H](O)[C@H]4O)cc3oc-2c1. The maximum atomic E-state index is 11.6. The molecule has 0 saturated carbocycles. The van der Waals surface area contributed by atoms with Crippen molar-refractivity contribution in [1.82, 2.24) is 4.98 Å². The van der Waals surface area contributed by atoms with Crippen LogP contribution in [0.1, 0.15) is 0 Å². The fourth-order valence-corrected chi connectivity index (χ4v) is 3.86. The van der Waals surface area contributed by atoms with Crippen molar-refractivity contribution in [3.8, 4) is 17.2 Å². The van der Waals surface area contributed by atoms with Gasteiger partial charge in [-0.2, -0.15) is 0 Å². The maximum Gasteiger partial charge on any atom is 0.229 e. The van der Waals surface area contributed by atoms with E-state index in [9.17, 15) is 30.3 Å². The van der Waals surface area contributed by atoms with Crippen molar-refractivity contribution in [2.45, 2.75) is 49.2 Å². The van der Waals surface area contributed by atoms with Gasteiger partial charge in [-0.1, -0.05) is 0 Å². The zero-order valence-corrected chi connectivity index (χ0v) is 17.6. The summed E-state index contributed by atoms with van der Waals surface area (Å²) < 4.78 is 28.0. The van der Waals surface area contributed by atoms with Crippen LogP contribution in [-0.2, 0) is 14.2 Å². The van der Waals surface area contributed by atoms with E-state index in [0.717, 1.165) is 0 Å². The summed E-state index contributed by atoms with van der Waals surface area (Å²) in [5, 5.41) is 50.2. The Morgan fingerprint density at radius 3 is 2.38 bits per heavy atom. The molecule has 0 amide bonds. The minimum atomic E-state index is -1.61. The van der Waals surface area contributed by atoms with Crippen LogP contribution in [0.25, 0.3) is 22.6 Å². The number of aromatic nitrogens is 1. The van der Waals surface area contributed by atoms with Gasteiger partial charge in [0, 0.05) is 12.1 Å². The molecular weight excluding hydrogens is 454 g/mol. The smallest absolute Gasteiger partial charge is 0.229 e. The average Bonchev–Trinajstić information content (AvgIpc) is 2.82. The summed E-state index contributed by atoms with van der Waals surface area (Å²) in [5.74, 6) is 0.549. The number of nitrogens with zero attached hydrogens (tertiary/aromatic N) is 1. The van der Waals surface area contributed by atoms with Crippen LogP contribution in [0.3, 0.4) is 0 Å². The van der Waals surface area contributed by atoms with Gasteiger partial charge in [-0.05, 0) is 24.3 Å². The topological polar surface area (TPSA) is 181 Å². The number of ether oxygens (including phenoxy) is 4. The van der Waals surface area contributed by atoms with Crippen LogP contribution in [0.4, 0.5) is 0 Å². The largest absolute Gasteiger partial charge is 0.462 e. The van der Waals surface area contributed by atoms with Crippen molar-refractivity contribution >= 4 is 11.1 Å². The molecule has 12 heteroatoms. The first kappa shape index (κ1) is 23.1. The second-order valence-electron chi connectivity index (χ2n) is 8.20. The van der Waals surface area contributed by atoms with Crippen LogP contribution < -0.4 is 10.2 Å². The predicted octanol–water partition coefficient (Wildman–Crippen LogP) is -1.43. The van der Waals surface area contributed by atoms with Gasteiger partial charge in [0.1, 0.15) is 47.5 Å². The van der Waals surface area contributed by atoms with Gasteiger partial charge in [-0.25, -0.2) is 4.98 Å². The summed E-state index contributed by atoms with van der Waals surface area (Å²) in [4.78, 5) is 16.1. The fraction of sp³-hybridized carbons (Fsp3) is 0.455. The second kappa shape index (κ2) is 9.17. The molecule has 0 radical (unpaired) electrons. The highest BCUT2D eigenvalue weighted by atomic mass is 16.7. The Labute approximate surface area is 191 Å². The van der Waals surface area contributed by atoms with Crippen molar-refractivity contribution in [1.29, 1.82) is 0 Å². The third kappa shape index (κ3) is 4.37. The van der Waals surface area contributed by atoms with Gasteiger partial charge in [0.15, 0.2) is 29.2 Å². The summed E-state index contributed by atoms with van der Waals surface area (Å²) in [5.41, 5.74) is 1.13. The minimum absolute atomic E-state index is 0.224. The molecule has 5 N–H and O–H groups in total. The first-order valence-corrected chi connectivity index (χ1v) is 10.6. The summed E-state index contributed by atoms with van der Waals surface area (Å²) in [6.45, 7) is -0.559. The van der Waals surface area contributed by atoms with Crippen molar-refractivity contribution in [3.63, 3.8) is 0 Å². The number of fused-ring (bicyclic) bond motifs is 2. The Kier molecular flexibility index (Phi) is 6.22. The van der Waals surface area contributed by atoms with Crippen LogP contribution >= 0.6 is 0 Å². The highest BCUT2D eigenvalue weighted by Gasteiger charge is 2.46. The van der Waals surface area contributed by atoms with Crippen LogP contribution in [0, 0.1) is 0 Å². The highest BCUT2D eigenvalue weighted by Crippen LogP contribution is 2.30. The number of hydrogen-bond donors (Lipinski definition) is 5. The molecule has 182 valence electrons. The third-order valence-electron chi connectivity index (χ3n) is 5.75. The number of aliphatic hydroxyl groups excluding tert-OH is 5. The van der Waals surface area contributed by atoms with Crippen molar-refractivity contribution < 1.29 is 48.9 Å². The van der Waals surface area contributed by atoms with Crippen LogP contribution in [0.5, 0.6) is 5.75 Å². The fourth-order valence-electron chi connectivity index (χ4n) is 3.86. The quantitative estimate of drug-likeness (QED) is 0.277. The van der Waals surface area contributed by atoms with E-state index in [-0.39, 0.29) is 24.4 Å². The molecule has 12 nitrogen and oxygen atoms in total. The van der Waals surface area contributed by atoms with E-state index < -0.39 is 49.2 Å². The molecule has 4 aliphatic rings. The molecule has 2 saturated heterocycles. The van der Waals surface area contributed by atoms with Crippen molar-refractivity contribution in [2.24, 2.45) is 0 Å². The molecule has 1 aromatic carbocycles. The molecule has 2 fully saturated rings. The lowest BCUT2D eigenvalue weighted by molar-refractivity contribution is -0.332. The molecule has 1 aromatic rings. The molecule has 3 heterocycles. The molecule has 0 aromatic heterocycles. The molecule has 1 aliphatic carbocycles. The highest BCUT2D eigenvalue weighted by molar-refractivity contribution is 5.77. The van der Waals surface area contributed by atoms with Gasteiger partial charge < -0.3 is 48.9 Å². The maximum absolute atomic E-state index is 11.6. The lowest BCUT2D eigenvalue weighted by atomic mass is 10.0. The minimum Gasteiger partial charge on any atom is -0.462 e. The monoisotopic (exact) mass is 477 g/mol. The Morgan fingerprint density at radius 1 is 0.853 bits per heavy atom. The van der Waals surface area contributed by atoms with Crippen LogP contribution in [0.15, 0.2) is 45.6 Å². The molecule has 0 unspecified atom stereocenters. The molecule has 3 aliphatic heterocycles. The van der Waals surface area contributed by atoms with Crippen molar-refractivity contribution in [2.75, 3.05) is 13.2 Å². The number of benzene rings is 2. The summed E-state index contributed by atoms with van der Waals surface area (Å²) in [6, 6.07) is 9.01. The van der Waals surface area contributed by atoms with Crippen LogP contribution in [-0.4, -0.2) is 92.9 Å². The number of hydrogen-bond acceptors (Lipinski definition) is 12. The Balaban J connectivity index is 1.39. The summed E-state index contributed by atoms with van der Waals surface area (Å²) >= 11 is 0. The van der Waals surface area contributed by atoms with E-state index in [1.165, 1.54) is 18.2 Å². The van der Waals surface area contributed by atoms with Gasteiger partial charge in [-0.15, -0.1) is 0 Å². The van der Waals surface area contributed by atoms with Gasteiger partial charge >= 0.3 is 0 Å². The molecule has 8 atom stereocenters.